The largest absolute Gasteiger partial charge is 0.263 e. The van der Waals surface area contributed by atoms with E-state index in [1.807, 2.05) is 12.4 Å². The van der Waals surface area contributed by atoms with Crippen LogP contribution in [0.4, 0.5) is 0 Å². The molecule has 0 aliphatic heterocycles. The van der Waals surface area contributed by atoms with E-state index in [0.29, 0.717) is 5.92 Å². The average Bonchev–Trinajstić information content (AvgIpc) is 2.60. The molecule has 2 rings (SSSR count). The zero-order valence-corrected chi connectivity index (χ0v) is 8.77. The zero-order chi connectivity index (χ0) is 9.26. The highest BCUT2D eigenvalue weighted by Crippen LogP contribution is 2.31. The van der Waals surface area contributed by atoms with Gasteiger partial charge in [0, 0.05) is 12.4 Å². The van der Waals surface area contributed by atoms with E-state index >= 15 is 0 Å². The molecule has 0 amide bonds. The molecule has 0 saturated heterocycles. The van der Waals surface area contributed by atoms with Crippen molar-refractivity contribution in [2.45, 2.75) is 26.2 Å². The monoisotopic (exact) mass is 191 g/mol. The molecule has 0 fully saturated rings. The number of hydrogen-bond acceptors (Lipinski definition) is 2. The van der Waals surface area contributed by atoms with Crippen LogP contribution in [0.25, 0.3) is 10.1 Å². The summed E-state index contributed by atoms with van der Waals surface area (Å²) in [6, 6.07) is 2.12. The van der Waals surface area contributed by atoms with Gasteiger partial charge < -0.3 is 0 Å². The minimum atomic E-state index is 0.663. The standard InChI is InChI=1S/C11H13NS/c1-3-8(2)10-7-13-11-6-12-5-4-9(10)11/h4-8H,3H2,1-2H3. The molecule has 2 aromatic heterocycles. The molecule has 68 valence electrons. The minimum Gasteiger partial charge on any atom is -0.263 e. The van der Waals surface area contributed by atoms with Gasteiger partial charge in [-0.15, -0.1) is 11.3 Å². The highest BCUT2D eigenvalue weighted by Gasteiger charge is 2.08. The van der Waals surface area contributed by atoms with Crippen molar-refractivity contribution in [2.75, 3.05) is 0 Å². The van der Waals surface area contributed by atoms with E-state index < -0.39 is 0 Å². The van der Waals surface area contributed by atoms with Gasteiger partial charge in [-0.25, -0.2) is 0 Å². The molecule has 2 aromatic rings. The lowest BCUT2D eigenvalue weighted by Crippen LogP contribution is -1.88. The number of thiophene rings is 1. The Morgan fingerprint density at radius 1 is 1.54 bits per heavy atom. The van der Waals surface area contributed by atoms with Gasteiger partial charge in [-0.1, -0.05) is 13.8 Å². The number of pyridine rings is 1. The first-order valence-electron chi connectivity index (χ1n) is 4.64. The van der Waals surface area contributed by atoms with Gasteiger partial charge in [0.2, 0.25) is 0 Å². The molecule has 0 radical (unpaired) electrons. The minimum absolute atomic E-state index is 0.663. The van der Waals surface area contributed by atoms with E-state index in [-0.39, 0.29) is 0 Å². The van der Waals surface area contributed by atoms with Crippen molar-refractivity contribution in [1.29, 1.82) is 0 Å². The number of nitrogens with zero attached hydrogens (tertiary/aromatic N) is 1. The summed E-state index contributed by atoms with van der Waals surface area (Å²) in [5, 5.41) is 3.65. The lowest BCUT2D eigenvalue weighted by atomic mass is 9.99. The second-order valence-corrected chi connectivity index (χ2v) is 4.28. The Balaban J connectivity index is 2.57. The van der Waals surface area contributed by atoms with Crippen LogP contribution < -0.4 is 0 Å². The van der Waals surface area contributed by atoms with Crippen molar-refractivity contribution in [3.8, 4) is 0 Å². The Labute approximate surface area is 82.4 Å². The Hall–Kier alpha value is -0.890. The lowest BCUT2D eigenvalue weighted by Gasteiger charge is -2.05. The van der Waals surface area contributed by atoms with Gasteiger partial charge in [0.15, 0.2) is 0 Å². The van der Waals surface area contributed by atoms with E-state index in [1.54, 1.807) is 11.3 Å². The summed E-state index contributed by atoms with van der Waals surface area (Å²) < 4.78 is 1.30. The van der Waals surface area contributed by atoms with Crippen LogP contribution >= 0.6 is 11.3 Å². The number of hydrogen-bond donors (Lipinski definition) is 0. The summed E-state index contributed by atoms with van der Waals surface area (Å²) in [5.41, 5.74) is 1.48. The topological polar surface area (TPSA) is 12.9 Å². The predicted octanol–water partition coefficient (Wildman–Crippen LogP) is 3.81. The molecular weight excluding hydrogens is 178 g/mol. The maximum Gasteiger partial charge on any atom is 0.0529 e. The number of aromatic nitrogens is 1. The fourth-order valence-corrected chi connectivity index (χ4v) is 2.55. The highest BCUT2D eigenvalue weighted by atomic mass is 32.1. The lowest BCUT2D eigenvalue weighted by molar-refractivity contribution is 0.742. The van der Waals surface area contributed by atoms with E-state index in [9.17, 15) is 0 Å². The van der Waals surface area contributed by atoms with E-state index in [0.717, 1.165) is 0 Å². The van der Waals surface area contributed by atoms with Crippen LogP contribution in [0.5, 0.6) is 0 Å². The van der Waals surface area contributed by atoms with Gasteiger partial charge >= 0.3 is 0 Å². The summed E-state index contributed by atoms with van der Waals surface area (Å²) in [7, 11) is 0. The van der Waals surface area contributed by atoms with Crippen molar-refractivity contribution in [3.63, 3.8) is 0 Å². The van der Waals surface area contributed by atoms with Gasteiger partial charge in [-0.05, 0) is 34.7 Å². The second kappa shape index (κ2) is 3.46. The fraction of sp³-hybridized carbons (Fsp3) is 0.364. The summed E-state index contributed by atoms with van der Waals surface area (Å²) in [5.74, 6) is 0.663. The Morgan fingerprint density at radius 2 is 2.38 bits per heavy atom. The molecule has 0 spiro atoms. The van der Waals surface area contributed by atoms with Crippen molar-refractivity contribution in [2.24, 2.45) is 0 Å². The van der Waals surface area contributed by atoms with Crippen molar-refractivity contribution < 1.29 is 0 Å². The normalized spacial score (nSPS) is 13.4. The maximum absolute atomic E-state index is 4.12. The molecule has 0 bridgehead atoms. The summed E-state index contributed by atoms with van der Waals surface area (Å²) >= 11 is 1.80. The van der Waals surface area contributed by atoms with E-state index in [4.69, 9.17) is 0 Å². The highest BCUT2D eigenvalue weighted by molar-refractivity contribution is 7.17. The Bertz CT molecular complexity index is 405. The SMILES string of the molecule is CCC(C)c1csc2cnccc12. The van der Waals surface area contributed by atoms with Crippen LogP contribution in [0.2, 0.25) is 0 Å². The van der Waals surface area contributed by atoms with Gasteiger partial charge in [0.25, 0.3) is 0 Å². The molecular formula is C11H13NS. The molecule has 2 heterocycles. The first-order chi connectivity index (χ1) is 6.33. The van der Waals surface area contributed by atoms with Gasteiger partial charge in [-0.2, -0.15) is 0 Å². The molecule has 1 unspecified atom stereocenters. The van der Waals surface area contributed by atoms with Crippen LogP contribution in [0.15, 0.2) is 23.8 Å². The molecule has 1 atom stereocenters. The Morgan fingerprint density at radius 3 is 3.15 bits per heavy atom. The summed E-state index contributed by atoms with van der Waals surface area (Å²) in [4.78, 5) is 4.12. The molecule has 0 N–H and O–H groups in total. The number of rotatable bonds is 2. The van der Waals surface area contributed by atoms with Crippen LogP contribution in [-0.4, -0.2) is 4.98 Å². The van der Waals surface area contributed by atoms with Gasteiger partial charge in [-0.3, -0.25) is 4.98 Å². The Kier molecular flexibility index (Phi) is 2.32. The second-order valence-electron chi connectivity index (χ2n) is 3.37. The van der Waals surface area contributed by atoms with Crippen LogP contribution in [0.1, 0.15) is 31.7 Å². The van der Waals surface area contributed by atoms with Crippen LogP contribution in [-0.2, 0) is 0 Å². The fourth-order valence-electron chi connectivity index (χ4n) is 1.50. The first-order valence-corrected chi connectivity index (χ1v) is 5.52. The average molecular weight is 191 g/mol. The van der Waals surface area contributed by atoms with Crippen molar-refractivity contribution in [1.82, 2.24) is 4.98 Å². The van der Waals surface area contributed by atoms with E-state index in [2.05, 4.69) is 30.3 Å². The quantitative estimate of drug-likeness (QED) is 0.703. The van der Waals surface area contributed by atoms with Crippen molar-refractivity contribution in [3.05, 3.63) is 29.4 Å². The van der Waals surface area contributed by atoms with E-state index in [1.165, 1.54) is 22.1 Å². The third-order valence-corrected chi connectivity index (χ3v) is 3.50. The molecule has 13 heavy (non-hydrogen) atoms. The first kappa shape index (κ1) is 8.70. The van der Waals surface area contributed by atoms with Crippen molar-refractivity contribution >= 4 is 21.4 Å². The molecule has 2 heteroatoms. The third kappa shape index (κ3) is 1.46. The zero-order valence-electron chi connectivity index (χ0n) is 7.95. The predicted molar refractivity (Wildman–Crippen MR) is 58.3 cm³/mol. The van der Waals surface area contributed by atoms with Crippen LogP contribution in [0.3, 0.4) is 0 Å². The molecule has 0 aliphatic rings. The van der Waals surface area contributed by atoms with Crippen LogP contribution in [0, 0.1) is 0 Å². The third-order valence-electron chi connectivity index (χ3n) is 2.55. The number of fused-ring (bicyclic) bond motifs is 1. The van der Waals surface area contributed by atoms with Gasteiger partial charge in [0.1, 0.15) is 0 Å². The smallest absolute Gasteiger partial charge is 0.0529 e. The molecule has 0 saturated carbocycles. The summed E-state index contributed by atoms with van der Waals surface area (Å²) in [6.07, 6.45) is 5.03. The van der Waals surface area contributed by atoms with Gasteiger partial charge in [0.05, 0.1) is 4.70 Å². The summed E-state index contributed by atoms with van der Waals surface area (Å²) in [6.45, 7) is 4.51. The maximum atomic E-state index is 4.12. The molecule has 0 aliphatic carbocycles. The molecule has 0 aromatic carbocycles. The molecule has 1 nitrogen and oxygen atoms in total.